The standard InChI is InChI=1S/C8H8O2S/c1-6-4-2-3-5-7(6)10-8(9)11/h2-5H,1H3,(H,9,11). The zero-order valence-corrected chi connectivity index (χ0v) is 6.97. The topological polar surface area (TPSA) is 26.3 Å². The maximum absolute atomic E-state index is 10.4. The first-order chi connectivity index (χ1) is 5.20. The predicted octanol–water partition coefficient (Wildman–Crippen LogP) is 2.42. The molecule has 0 saturated heterocycles. The Bertz CT molecular complexity index is 271. The summed E-state index contributed by atoms with van der Waals surface area (Å²) in [6.45, 7) is 1.87. The number of benzene rings is 1. The minimum atomic E-state index is -0.584. The second-order valence-corrected chi connectivity index (χ2v) is 2.50. The van der Waals surface area contributed by atoms with E-state index in [0.717, 1.165) is 5.56 Å². The van der Waals surface area contributed by atoms with Gasteiger partial charge >= 0.3 is 5.30 Å². The summed E-state index contributed by atoms with van der Waals surface area (Å²) >= 11 is 3.50. The van der Waals surface area contributed by atoms with Gasteiger partial charge in [-0.2, -0.15) is 0 Å². The number of aryl methyl sites for hydroxylation is 1. The molecule has 0 bridgehead atoms. The number of carbonyl (C=O) groups is 1. The van der Waals surface area contributed by atoms with Crippen LogP contribution in [0.15, 0.2) is 24.3 Å². The molecule has 0 amide bonds. The van der Waals surface area contributed by atoms with Gasteiger partial charge in [0.1, 0.15) is 5.75 Å². The second kappa shape index (κ2) is 3.44. The Morgan fingerprint density at radius 3 is 2.64 bits per heavy atom. The van der Waals surface area contributed by atoms with E-state index >= 15 is 0 Å². The van der Waals surface area contributed by atoms with Crippen LogP contribution in [-0.4, -0.2) is 5.30 Å². The van der Waals surface area contributed by atoms with E-state index in [1.165, 1.54) is 0 Å². The summed E-state index contributed by atoms with van der Waals surface area (Å²) in [5.74, 6) is 0.562. The molecule has 0 unspecified atom stereocenters. The van der Waals surface area contributed by atoms with Gasteiger partial charge in [0.15, 0.2) is 0 Å². The Hall–Kier alpha value is -0.960. The van der Waals surface area contributed by atoms with Gasteiger partial charge in [-0.15, -0.1) is 0 Å². The molecular formula is C8H8O2S. The number of hydrogen-bond acceptors (Lipinski definition) is 2. The van der Waals surface area contributed by atoms with E-state index in [9.17, 15) is 4.79 Å². The fraction of sp³-hybridized carbons (Fsp3) is 0.125. The van der Waals surface area contributed by atoms with E-state index in [2.05, 4.69) is 12.6 Å². The summed E-state index contributed by atoms with van der Waals surface area (Å²) in [6.07, 6.45) is 0. The fourth-order valence-electron chi connectivity index (χ4n) is 0.765. The van der Waals surface area contributed by atoms with Crippen molar-refractivity contribution in [1.82, 2.24) is 0 Å². The molecule has 0 aliphatic heterocycles. The third-order valence-electron chi connectivity index (χ3n) is 1.29. The summed E-state index contributed by atoms with van der Waals surface area (Å²) in [4.78, 5) is 10.4. The van der Waals surface area contributed by atoms with Crippen LogP contribution in [0.4, 0.5) is 4.79 Å². The van der Waals surface area contributed by atoms with Crippen molar-refractivity contribution in [1.29, 1.82) is 0 Å². The van der Waals surface area contributed by atoms with Crippen LogP contribution in [0, 0.1) is 6.92 Å². The smallest absolute Gasteiger partial charge is 0.369 e. The summed E-state index contributed by atoms with van der Waals surface area (Å²) < 4.78 is 4.77. The number of hydrogen-bond donors (Lipinski definition) is 1. The van der Waals surface area contributed by atoms with Crippen molar-refractivity contribution in [3.8, 4) is 5.75 Å². The number of carbonyl (C=O) groups excluding carboxylic acids is 1. The van der Waals surface area contributed by atoms with Crippen molar-refractivity contribution < 1.29 is 9.53 Å². The summed E-state index contributed by atoms with van der Waals surface area (Å²) in [6, 6.07) is 7.28. The van der Waals surface area contributed by atoms with Crippen LogP contribution in [-0.2, 0) is 0 Å². The fourth-order valence-corrected chi connectivity index (χ4v) is 0.863. The van der Waals surface area contributed by atoms with Gasteiger partial charge in [-0.1, -0.05) is 30.8 Å². The van der Waals surface area contributed by atoms with Gasteiger partial charge in [-0.05, 0) is 18.6 Å². The number of ether oxygens (including phenoxy) is 1. The average molecular weight is 168 g/mol. The highest BCUT2D eigenvalue weighted by Gasteiger charge is 1.99. The molecule has 11 heavy (non-hydrogen) atoms. The predicted molar refractivity (Wildman–Crippen MR) is 46.2 cm³/mol. The normalized spacial score (nSPS) is 9.27. The minimum absolute atomic E-state index is 0.562. The van der Waals surface area contributed by atoms with E-state index in [0.29, 0.717) is 5.75 Å². The Morgan fingerprint density at radius 1 is 1.45 bits per heavy atom. The summed E-state index contributed by atoms with van der Waals surface area (Å²) in [5, 5.41) is -0.584. The quantitative estimate of drug-likeness (QED) is 0.515. The van der Waals surface area contributed by atoms with Gasteiger partial charge in [0.2, 0.25) is 0 Å². The number of para-hydroxylation sites is 1. The highest BCUT2D eigenvalue weighted by molar-refractivity contribution is 7.96. The lowest BCUT2D eigenvalue weighted by atomic mass is 10.2. The molecule has 0 heterocycles. The molecule has 1 rings (SSSR count). The average Bonchev–Trinajstić information content (AvgIpc) is 1.93. The van der Waals surface area contributed by atoms with Gasteiger partial charge in [-0.3, -0.25) is 0 Å². The lowest BCUT2D eigenvalue weighted by molar-refractivity contribution is 0.227. The second-order valence-electron chi connectivity index (χ2n) is 2.13. The van der Waals surface area contributed by atoms with Crippen LogP contribution in [0.1, 0.15) is 5.56 Å². The third kappa shape index (κ3) is 2.27. The maximum Gasteiger partial charge on any atom is 0.369 e. The Kier molecular flexibility index (Phi) is 2.54. The van der Waals surface area contributed by atoms with Crippen LogP contribution < -0.4 is 4.74 Å². The van der Waals surface area contributed by atoms with Crippen molar-refractivity contribution >= 4 is 17.9 Å². The maximum atomic E-state index is 10.4. The molecule has 58 valence electrons. The highest BCUT2D eigenvalue weighted by Crippen LogP contribution is 2.16. The zero-order chi connectivity index (χ0) is 8.27. The highest BCUT2D eigenvalue weighted by atomic mass is 32.1. The molecule has 0 aliphatic carbocycles. The van der Waals surface area contributed by atoms with Crippen molar-refractivity contribution in [3.63, 3.8) is 0 Å². The Labute approximate surface area is 70.6 Å². The third-order valence-corrected chi connectivity index (χ3v) is 1.38. The molecule has 0 saturated carbocycles. The van der Waals surface area contributed by atoms with E-state index in [1.54, 1.807) is 12.1 Å². The van der Waals surface area contributed by atoms with E-state index < -0.39 is 5.30 Å². The number of thiol groups is 1. The molecule has 0 radical (unpaired) electrons. The van der Waals surface area contributed by atoms with Gasteiger partial charge in [0.05, 0.1) is 0 Å². The first-order valence-corrected chi connectivity index (χ1v) is 3.61. The van der Waals surface area contributed by atoms with Crippen molar-refractivity contribution in [3.05, 3.63) is 29.8 Å². The van der Waals surface area contributed by atoms with E-state index in [1.807, 2.05) is 19.1 Å². The zero-order valence-electron chi connectivity index (χ0n) is 6.07. The van der Waals surface area contributed by atoms with Gasteiger partial charge < -0.3 is 4.74 Å². The molecule has 0 N–H and O–H groups in total. The number of rotatable bonds is 1. The molecule has 3 heteroatoms. The SMILES string of the molecule is Cc1ccccc1OC(=O)S. The molecule has 0 spiro atoms. The lowest BCUT2D eigenvalue weighted by Gasteiger charge is -2.02. The minimum Gasteiger partial charge on any atom is -0.418 e. The molecule has 0 aromatic heterocycles. The first-order valence-electron chi connectivity index (χ1n) is 3.16. The Morgan fingerprint density at radius 2 is 2.09 bits per heavy atom. The van der Waals surface area contributed by atoms with Crippen LogP contribution in [0.5, 0.6) is 5.75 Å². The monoisotopic (exact) mass is 168 g/mol. The molecule has 0 atom stereocenters. The Balaban J connectivity index is 2.86. The first kappa shape index (κ1) is 8.14. The largest absolute Gasteiger partial charge is 0.418 e. The summed E-state index contributed by atoms with van der Waals surface area (Å²) in [5.41, 5.74) is 0.926. The van der Waals surface area contributed by atoms with Crippen molar-refractivity contribution in [2.24, 2.45) is 0 Å². The molecule has 1 aromatic carbocycles. The van der Waals surface area contributed by atoms with Crippen LogP contribution >= 0.6 is 12.6 Å². The van der Waals surface area contributed by atoms with Crippen LogP contribution in [0.25, 0.3) is 0 Å². The van der Waals surface area contributed by atoms with Crippen LogP contribution in [0.2, 0.25) is 0 Å². The van der Waals surface area contributed by atoms with Crippen molar-refractivity contribution in [2.75, 3.05) is 0 Å². The molecule has 0 fully saturated rings. The lowest BCUT2D eigenvalue weighted by Crippen LogP contribution is -1.97. The molecule has 0 aliphatic rings. The van der Waals surface area contributed by atoms with E-state index in [-0.39, 0.29) is 0 Å². The van der Waals surface area contributed by atoms with E-state index in [4.69, 9.17) is 4.74 Å². The summed E-state index contributed by atoms with van der Waals surface area (Å²) in [7, 11) is 0. The van der Waals surface area contributed by atoms with Gasteiger partial charge in [0, 0.05) is 0 Å². The van der Waals surface area contributed by atoms with Gasteiger partial charge in [-0.25, -0.2) is 4.79 Å². The van der Waals surface area contributed by atoms with Crippen molar-refractivity contribution in [2.45, 2.75) is 6.92 Å². The van der Waals surface area contributed by atoms with Gasteiger partial charge in [0.25, 0.3) is 0 Å². The van der Waals surface area contributed by atoms with Crippen LogP contribution in [0.3, 0.4) is 0 Å². The molecule has 2 nitrogen and oxygen atoms in total. The molecular weight excluding hydrogens is 160 g/mol. The molecule has 1 aromatic rings.